The molecule has 0 radical (unpaired) electrons. The third-order valence-electron chi connectivity index (χ3n) is 2.81. The normalized spacial score (nSPS) is 14.9. The Balaban J connectivity index is 2.77. The average molecular weight is 205 g/mol. The zero-order valence-electron chi connectivity index (χ0n) is 9.99. The van der Waals surface area contributed by atoms with Gasteiger partial charge in [-0.05, 0) is 33.3 Å². The average Bonchev–Trinajstić information content (AvgIpc) is 2.66. The molecule has 1 aromatic heterocycles. The quantitative estimate of drug-likeness (QED) is 0.758. The first kappa shape index (κ1) is 11.8. The second-order valence-electron chi connectivity index (χ2n) is 4.58. The highest BCUT2D eigenvalue weighted by molar-refractivity contribution is 5.08. The molecule has 0 saturated heterocycles. The molecule has 0 spiro atoms. The van der Waals surface area contributed by atoms with Gasteiger partial charge in [-0.3, -0.25) is 4.68 Å². The van der Waals surface area contributed by atoms with Crippen LogP contribution in [0.3, 0.4) is 0 Å². The molecule has 0 aliphatic rings. The molecule has 1 unspecified atom stereocenters. The SMILES string of the molecule is CCC(C)(C#N)Cc1ccn(C(C)C)n1. The van der Waals surface area contributed by atoms with Crippen molar-refractivity contribution in [1.82, 2.24) is 9.78 Å². The van der Waals surface area contributed by atoms with Crippen molar-refractivity contribution < 1.29 is 0 Å². The van der Waals surface area contributed by atoms with E-state index in [1.54, 1.807) is 0 Å². The van der Waals surface area contributed by atoms with Gasteiger partial charge in [-0.15, -0.1) is 0 Å². The van der Waals surface area contributed by atoms with Gasteiger partial charge in [0.15, 0.2) is 0 Å². The Morgan fingerprint density at radius 1 is 1.60 bits per heavy atom. The van der Waals surface area contributed by atoms with E-state index in [9.17, 15) is 0 Å². The Morgan fingerprint density at radius 3 is 2.67 bits per heavy atom. The van der Waals surface area contributed by atoms with E-state index in [-0.39, 0.29) is 5.41 Å². The smallest absolute Gasteiger partial charge is 0.0690 e. The van der Waals surface area contributed by atoms with Crippen molar-refractivity contribution in [2.45, 2.75) is 46.6 Å². The molecule has 0 bridgehead atoms. The van der Waals surface area contributed by atoms with Crippen molar-refractivity contribution in [2.24, 2.45) is 5.41 Å². The van der Waals surface area contributed by atoms with Crippen molar-refractivity contribution in [2.75, 3.05) is 0 Å². The van der Waals surface area contributed by atoms with E-state index in [0.29, 0.717) is 6.04 Å². The molecule has 15 heavy (non-hydrogen) atoms. The highest BCUT2D eigenvalue weighted by Gasteiger charge is 2.23. The largest absolute Gasteiger partial charge is 0.270 e. The second-order valence-corrected chi connectivity index (χ2v) is 4.58. The molecule has 0 aromatic carbocycles. The van der Waals surface area contributed by atoms with Crippen molar-refractivity contribution in [3.05, 3.63) is 18.0 Å². The molecule has 0 N–H and O–H groups in total. The van der Waals surface area contributed by atoms with E-state index in [1.165, 1.54) is 0 Å². The Bertz CT molecular complexity index is 359. The van der Waals surface area contributed by atoms with Crippen LogP contribution in [0.25, 0.3) is 0 Å². The summed E-state index contributed by atoms with van der Waals surface area (Å²) in [6.45, 7) is 8.23. The van der Waals surface area contributed by atoms with E-state index in [2.05, 4.69) is 25.0 Å². The van der Waals surface area contributed by atoms with Gasteiger partial charge in [0.25, 0.3) is 0 Å². The first-order valence-corrected chi connectivity index (χ1v) is 5.46. The minimum Gasteiger partial charge on any atom is -0.270 e. The van der Waals surface area contributed by atoms with Crippen molar-refractivity contribution >= 4 is 0 Å². The second kappa shape index (κ2) is 4.48. The van der Waals surface area contributed by atoms with Crippen LogP contribution in [0.15, 0.2) is 12.3 Å². The lowest BCUT2D eigenvalue weighted by molar-refractivity contribution is 0.412. The molecule has 3 heteroatoms. The molecule has 0 amide bonds. The Kier molecular flexibility index (Phi) is 3.52. The third kappa shape index (κ3) is 2.82. The molecule has 0 aliphatic heterocycles. The number of hydrogen-bond acceptors (Lipinski definition) is 2. The number of hydrogen-bond donors (Lipinski definition) is 0. The minimum absolute atomic E-state index is 0.282. The fraction of sp³-hybridized carbons (Fsp3) is 0.667. The van der Waals surface area contributed by atoms with Crippen LogP contribution in [-0.2, 0) is 6.42 Å². The van der Waals surface area contributed by atoms with Crippen LogP contribution in [0.4, 0.5) is 0 Å². The van der Waals surface area contributed by atoms with Gasteiger partial charge >= 0.3 is 0 Å². The van der Waals surface area contributed by atoms with Crippen LogP contribution < -0.4 is 0 Å². The summed E-state index contributed by atoms with van der Waals surface area (Å²) in [6.07, 6.45) is 3.57. The van der Waals surface area contributed by atoms with Gasteiger partial charge in [0, 0.05) is 18.7 Å². The summed E-state index contributed by atoms with van der Waals surface area (Å²) < 4.78 is 1.93. The van der Waals surface area contributed by atoms with Crippen LogP contribution in [0, 0.1) is 16.7 Å². The molecule has 0 aliphatic carbocycles. The number of aromatic nitrogens is 2. The summed E-state index contributed by atoms with van der Waals surface area (Å²) in [6, 6.07) is 4.75. The van der Waals surface area contributed by atoms with E-state index >= 15 is 0 Å². The van der Waals surface area contributed by atoms with Gasteiger partial charge in [-0.1, -0.05) is 6.92 Å². The summed E-state index contributed by atoms with van der Waals surface area (Å²) >= 11 is 0. The Labute approximate surface area is 91.7 Å². The fourth-order valence-corrected chi connectivity index (χ4v) is 1.40. The zero-order valence-corrected chi connectivity index (χ0v) is 9.99. The molecular weight excluding hydrogens is 186 g/mol. The molecule has 82 valence electrons. The first-order valence-electron chi connectivity index (χ1n) is 5.46. The van der Waals surface area contributed by atoms with Crippen LogP contribution in [-0.4, -0.2) is 9.78 Å². The van der Waals surface area contributed by atoms with E-state index in [1.807, 2.05) is 30.8 Å². The van der Waals surface area contributed by atoms with Crippen LogP contribution in [0.2, 0.25) is 0 Å². The van der Waals surface area contributed by atoms with Gasteiger partial charge < -0.3 is 0 Å². The molecule has 1 heterocycles. The van der Waals surface area contributed by atoms with Gasteiger partial charge in [0.2, 0.25) is 0 Å². The maximum absolute atomic E-state index is 9.08. The monoisotopic (exact) mass is 205 g/mol. The van der Waals surface area contributed by atoms with Gasteiger partial charge in [-0.25, -0.2) is 0 Å². The van der Waals surface area contributed by atoms with Crippen molar-refractivity contribution in [3.63, 3.8) is 0 Å². The van der Waals surface area contributed by atoms with E-state index in [4.69, 9.17) is 5.26 Å². The lowest BCUT2D eigenvalue weighted by Crippen LogP contribution is -2.16. The highest BCUT2D eigenvalue weighted by Crippen LogP contribution is 2.24. The summed E-state index contributed by atoms with van der Waals surface area (Å²) in [5.74, 6) is 0. The van der Waals surface area contributed by atoms with Gasteiger partial charge in [0.1, 0.15) is 0 Å². The lowest BCUT2D eigenvalue weighted by Gasteiger charge is -2.17. The van der Waals surface area contributed by atoms with Gasteiger partial charge in [-0.2, -0.15) is 10.4 Å². The maximum Gasteiger partial charge on any atom is 0.0690 e. The third-order valence-corrected chi connectivity index (χ3v) is 2.81. The maximum atomic E-state index is 9.08. The summed E-state index contributed by atoms with van der Waals surface area (Å²) in [7, 11) is 0. The summed E-state index contributed by atoms with van der Waals surface area (Å²) in [5.41, 5.74) is 0.727. The first-order chi connectivity index (χ1) is 7.00. The number of nitrogens with zero attached hydrogens (tertiary/aromatic N) is 3. The summed E-state index contributed by atoms with van der Waals surface area (Å²) in [4.78, 5) is 0. The fourth-order valence-electron chi connectivity index (χ4n) is 1.40. The predicted molar refractivity (Wildman–Crippen MR) is 60.3 cm³/mol. The molecule has 3 nitrogen and oxygen atoms in total. The van der Waals surface area contributed by atoms with Crippen LogP contribution >= 0.6 is 0 Å². The topological polar surface area (TPSA) is 41.6 Å². The van der Waals surface area contributed by atoms with Crippen LogP contribution in [0.1, 0.15) is 45.9 Å². The van der Waals surface area contributed by atoms with Crippen molar-refractivity contribution in [3.8, 4) is 6.07 Å². The Hall–Kier alpha value is -1.30. The lowest BCUT2D eigenvalue weighted by atomic mass is 9.84. The minimum atomic E-state index is -0.282. The molecule has 0 saturated carbocycles. The molecule has 0 fully saturated rings. The van der Waals surface area contributed by atoms with Gasteiger partial charge in [0.05, 0.1) is 17.2 Å². The molecule has 1 atom stereocenters. The standard InChI is InChI=1S/C12H19N3/c1-5-12(4,9-13)8-11-6-7-15(14-11)10(2)3/h6-7,10H,5,8H2,1-4H3. The van der Waals surface area contributed by atoms with Crippen LogP contribution in [0.5, 0.6) is 0 Å². The van der Waals surface area contributed by atoms with Crippen molar-refractivity contribution in [1.29, 1.82) is 5.26 Å². The number of rotatable bonds is 4. The molecule has 1 aromatic rings. The van der Waals surface area contributed by atoms with E-state index < -0.39 is 0 Å². The summed E-state index contributed by atoms with van der Waals surface area (Å²) in [5, 5.41) is 13.5. The number of nitriles is 1. The zero-order chi connectivity index (χ0) is 11.5. The predicted octanol–water partition coefficient (Wildman–Crippen LogP) is 2.95. The highest BCUT2D eigenvalue weighted by atomic mass is 15.3. The van der Waals surface area contributed by atoms with E-state index in [0.717, 1.165) is 18.5 Å². The Morgan fingerprint density at radius 2 is 2.27 bits per heavy atom. The molecule has 1 rings (SSSR count). The molecular formula is C12H19N3.